The number of rotatable bonds is 6. The first-order valence-electron chi connectivity index (χ1n) is 8.00. The maximum Gasteiger partial charge on any atom is 0.283 e. The Bertz CT molecular complexity index is 727. The molecular formula is C16H20N2O4S. The lowest BCUT2D eigenvalue weighted by atomic mass is 10.2. The van der Waals surface area contributed by atoms with Crippen molar-refractivity contribution in [3.8, 4) is 0 Å². The summed E-state index contributed by atoms with van der Waals surface area (Å²) in [5.74, 6) is 1.40. The van der Waals surface area contributed by atoms with Crippen molar-refractivity contribution in [2.75, 3.05) is 6.54 Å². The van der Waals surface area contributed by atoms with Gasteiger partial charge >= 0.3 is 0 Å². The lowest BCUT2D eigenvalue weighted by molar-refractivity contribution is 0.284. The van der Waals surface area contributed by atoms with E-state index >= 15 is 0 Å². The molecule has 23 heavy (non-hydrogen) atoms. The third kappa shape index (κ3) is 2.84. The van der Waals surface area contributed by atoms with E-state index in [9.17, 15) is 8.42 Å². The van der Waals surface area contributed by atoms with E-state index in [0.29, 0.717) is 18.8 Å². The van der Waals surface area contributed by atoms with Crippen LogP contribution in [0, 0.1) is 0 Å². The highest BCUT2D eigenvalue weighted by molar-refractivity contribution is 7.86. The van der Waals surface area contributed by atoms with Gasteiger partial charge in [-0.1, -0.05) is 0 Å². The Kier molecular flexibility index (Phi) is 3.79. The van der Waals surface area contributed by atoms with Crippen LogP contribution in [0.4, 0.5) is 0 Å². The molecule has 0 radical (unpaired) electrons. The predicted octanol–water partition coefficient (Wildman–Crippen LogP) is 2.92. The van der Waals surface area contributed by atoms with Crippen molar-refractivity contribution in [2.45, 2.75) is 44.3 Å². The van der Waals surface area contributed by atoms with Gasteiger partial charge in [-0.2, -0.15) is 17.0 Å². The van der Waals surface area contributed by atoms with Crippen molar-refractivity contribution in [1.29, 1.82) is 0 Å². The Morgan fingerprint density at radius 1 is 1.13 bits per heavy atom. The third-order valence-corrected chi connectivity index (χ3v) is 6.56. The highest BCUT2D eigenvalue weighted by Gasteiger charge is 2.45. The van der Waals surface area contributed by atoms with E-state index in [4.69, 9.17) is 8.83 Å². The SMILES string of the molecule is O=S(=O)(N(Cc1ccco1)C1CC1)N1CCCC1c1ccco1. The topological polar surface area (TPSA) is 66.9 Å². The van der Waals surface area contributed by atoms with Crippen LogP contribution in [0.2, 0.25) is 0 Å². The average Bonchev–Trinajstić information content (AvgIpc) is 3.03. The molecule has 1 atom stereocenters. The van der Waals surface area contributed by atoms with Gasteiger partial charge in [0.25, 0.3) is 10.2 Å². The van der Waals surface area contributed by atoms with Crippen LogP contribution < -0.4 is 0 Å². The molecule has 2 aliphatic rings. The second-order valence-electron chi connectivity index (χ2n) is 6.15. The van der Waals surface area contributed by atoms with Crippen LogP contribution in [0.25, 0.3) is 0 Å². The molecule has 2 fully saturated rings. The quantitative estimate of drug-likeness (QED) is 0.813. The Morgan fingerprint density at radius 2 is 1.91 bits per heavy atom. The highest BCUT2D eigenvalue weighted by Crippen LogP contribution is 2.39. The summed E-state index contributed by atoms with van der Waals surface area (Å²) in [6, 6.07) is 7.15. The molecular weight excluding hydrogens is 316 g/mol. The Hall–Kier alpha value is -1.57. The fourth-order valence-corrected chi connectivity index (χ4v) is 5.27. The maximum absolute atomic E-state index is 13.2. The zero-order chi connectivity index (χ0) is 15.9. The first-order chi connectivity index (χ1) is 11.2. The lowest BCUT2D eigenvalue weighted by Crippen LogP contribution is -2.44. The van der Waals surface area contributed by atoms with Crippen LogP contribution in [-0.2, 0) is 16.8 Å². The Labute approximate surface area is 135 Å². The summed E-state index contributed by atoms with van der Waals surface area (Å²) in [5.41, 5.74) is 0. The second-order valence-corrected chi connectivity index (χ2v) is 7.98. The molecule has 0 spiro atoms. The zero-order valence-electron chi connectivity index (χ0n) is 12.8. The van der Waals surface area contributed by atoms with Crippen LogP contribution in [0.5, 0.6) is 0 Å². The van der Waals surface area contributed by atoms with Gasteiger partial charge in [0.1, 0.15) is 11.5 Å². The molecule has 0 bridgehead atoms. The monoisotopic (exact) mass is 336 g/mol. The van der Waals surface area contributed by atoms with Gasteiger partial charge in [0.15, 0.2) is 0 Å². The molecule has 124 valence electrons. The van der Waals surface area contributed by atoms with E-state index < -0.39 is 10.2 Å². The minimum absolute atomic E-state index is 0.0861. The summed E-state index contributed by atoms with van der Waals surface area (Å²) in [5, 5.41) is 0. The molecule has 0 amide bonds. The van der Waals surface area contributed by atoms with E-state index in [1.54, 1.807) is 33.3 Å². The number of furan rings is 2. The molecule has 2 aromatic heterocycles. The highest BCUT2D eigenvalue weighted by atomic mass is 32.2. The van der Waals surface area contributed by atoms with Gasteiger partial charge in [0, 0.05) is 12.6 Å². The van der Waals surface area contributed by atoms with E-state index in [-0.39, 0.29) is 12.1 Å². The summed E-state index contributed by atoms with van der Waals surface area (Å²) < 4.78 is 40.4. The van der Waals surface area contributed by atoms with Gasteiger partial charge in [-0.15, -0.1) is 0 Å². The standard InChI is InChI=1S/C16H20N2O4S/c19-23(20,17-9-1-5-15(17)16-6-3-11-22-16)18(13-7-8-13)12-14-4-2-10-21-14/h2-4,6,10-11,13,15H,1,5,7-9,12H2. The van der Waals surface area contributed by atoms with Crippen LogP contribution >= 0.6 is 0 Å². The van der Waals surface area contributed by atoms with Crippen molar-refractivity contribution >= 4 is 10.2 Å². The fourth-order valence-electron chi connectivity index (χ4n) is 3.23. The molecule has 1 saturated carbocycles. The van der Waals surface area contributed by atoms with Gasteiger partial charge in [0.2, 0.25) is 0 Å². The Balaban J connectivity index is 1.62. The summed E-state index contributed by atoms with van der Waals surface area (Å²) in [6.45, 7) is 0.830. The Morgan fingerprint density at radius 3 is 2.57 bits per heavy atom. The molecule has 4 rings (SSSR count). The van der Waals surface area contributed by atoms with Gasteiger partial charge in [-0.3, -0.25) is 0 Å². The zero-order valence-corrected chi connectivity index (χ0v) is 13.6. The van der Waals surface area contributed by atoms with Crippen molar-refractivity contribution < 1.29 is 17.3 Å². The smallest absolute Gasteiger partial charge is 0.283 e. The molecule has 3 heterocycles. The van der Waals surface area contributed by atoms with Crippen LogP contribution in [0.3, 0.4) is 0 Å². The molecule has 2 aromatic rings. The third-order valence-electron chi connectivity index (χ3n) is 4.51. The number of hydrogen-bond acceptors (Lipinski definition) is 4. The van der Waals surface area contributed by atoms with E-state index in [2.05, 4.69) is 0 Å². The van der Waals surface area contributed by atoms with E-state index in [1.165, 1.54) is 0 Å². The minimum atomic E-state index is -3.54. The van der Waals surface area contributed by atoms with E-state index in [1.807, 2.05) is 12.1 Å². The van der Waals surface area contributed by atoms with Gasteiger partial charge in [-0.25, -0.2) is 0 Å². The van der Waals surface area contributed by atoms with E-state index in [0.717, 1.165) is 31.4 Å². The lowest BCUT2D eigenvalue weighted by Gasteiger charge is -2.29. The summed E-state index contributed by atoms with van der Waals surface area (Å²) in [6.07, 6.45) is 6.66. The second kappa shape index (κ2) is 5.81. The summed E-state index contributed by atoms with van der Waals surface area (Å²) in [7, 11) is -3.54. The van der Waals surface area contributed by atoms with Crippen molar-refractivity contribution in [3.63, 3.8) is 0 Å². The average molecular weight is 336 g/mol. The van der Waals surface area contributed by atoms with Crippen molar-refractivity contribution in [1.82, 2.24) is 8.61 Å². The van der Waals surface area contributed by atoms with Crippen LogP contribution in [-0.4, -0.2) is 29.6 Å². The molecule has 6 nitrogen and oxygen atoms in total. The number of hydrogen-bond donors (Lipinski definition) is 0. The van der Waals surface area contributed by atoms with Gasteiger partial charge in [-0.05, 0) is 49.9 Å². The summed E-state index contributed by atoms with van der Waals surface area (Å²) in [4.78, 5) is 0. The first-order valence-corrected chi connectivity index (χ1v) is 9.40. The van der Waals surface area contributed by atoms with Crippen molar-refractivity contribution in [2.24, 2.45) is 0 Å². The normalized spacial score (nSPS) is 22.9. The predicted molar refractivity (Wildman–Crippen MR) is 83.6 cm³/mol. The van der Waals surface area contributed by atoms with Crippen molar-refractivity contribution in [3.05, 3.63) is 48.3 Å². The molecule has 7 heteroatoms. The molecule has 1 aliphatic carbocycles. The molecule has 1 aliphatic heterocycles. The molecule has 1 unspecified atom stereocenters. The molecule has 0 aromatic carbocycles. The van der Waals surface area contributed by atoms with Crippen LogP contribution in [0.15, 0.2) is 45.6 Å². The molecule has 1 saturated heterocycles. The summed E-state index contributed by atoms with van der Waals surface area (Å²) >= 11 is 0. The largest absolute Gasteiger partial charge is 0.468 e. The fraction of sp³-hybridized carbons (Fsp3) is 0.500. The van der Waals surface area contributed by atoms with Gasteiger partial charge in [0.05, 0.1) is 25.1 Å². The van der Waals surface area contributed by atoms with Crippen LogP contribution in [0.1, 0.15) is 43.2 Å². The minimum Gasteiger partial charge on any atom is -0.468 e. The first kappa shape index (κ1) is 15.0. The molecule has 0 N–H and O–H groups in total. The van der Waals surface area contributed by atoms with Gasteiger partial charge < -0.3 is 8.83 Å². The maximum atomic E-state index is 13.2. The number of nitrogens with zero attached hydrogens (tertiary/aromatic N) is 2.